The number of hydrogen-bond donors (Lipinski definition) is 1. The Balaban J connectivity index is 1.60. The quantitative estimate of drug-likeness (QED) is 0.808. The summed E-state index contributed by atoms with van der Waals surface area (Å²) in [6, 6.07) is 12.7. The zero-order valence-electron chi connectivity index (χ0n) is 17.5. The molecular formula is C24H29N3O3. The maximum atomic E-state index is 13.3. The van der Waals surface area contributed by atoms with Gasteiger partial charge in [0.1, 0.15) is 5.75 Å². The van der Waals surface area contributed by atoms with Crippen LogP contribution < -0.4 is 15.0 Å². The van der Waals surface area contributed by atoms with E-state index in [1.54, 1.807) is 31.4 Å². The first kappa shape index (κ1) is 20.3. The maximum absolute atomic E-state index is 13.3. The van der Waals surface area contributed by atoms with Crippen LogP contribution in [-0.4, -0.2) is 50.0 Å². The van der Waals surface area contributed by atoms with Crippen molar-refractivity contribution in [3.63, 3.8) is 0 Å². The van der Waals surface area contributed by atoms with Crippen LogP contribution in [0, 0.1) is 0 Å². The Morgan fingerprint density at radius 3 is 2.37 bits per heavy atom. The fraction of sp³-hybridized carbons (Fsp3) is 0.417. The molecule has 2 aromatic carbocycles. The zero-order chi connectivity index (χ0) is 20.9. The second-order valence-electron chi connectivity index (χ2n) is 7.97. The minimum absolute atomic E-state index is 0.0640. The Labute approximate surface area is 177 Å². The molecule has 6 nitrogen and oxygen atoms in total. The fourth-order valence-electron chi connectivity index (χ4n) is 4.25. The second kappa shape index (κ2) is 9.20. The van der Waals surface area contributed by atoms with E-state index < -0.39 is 0 Å². The molecule has 0 spiro atoms. The number of likely N-dealkylation sites (tertiary alicyclic amines) is 1. The number of carbonyl (C=O) groups is 2. The van der Waals surface area contributed by atoms with Gasteiger partial charge in [-0.25, -0.2) is 0 Å². The van der Waals surface area contributed by atoms with E-state index in [0.717, 1.165) is 57.5 Å². The summed E-state index contributed by atoms with van der Waals surface area (Å²) >= 11 is 0. The monoisotopic (exact) mass is 407 g/mol. The summed E-state index contributed by atoms with van der Waals surface area (Å²) in [5.74, 6) is 0.473. The molecule has 0 saturated carbocycles. The number of benzene rings is 2. The summed E-state index contributed by atoms with van der Waals surface area (Å²) in [4.78, 5) is 30.3. The van der Waals surface area contributed by atoms with Gasteiger partial charge in [0.15, 0.2) is 0 Å². The molecule has 6 heteroatoms. The Kier molecular flexibility index (Phi) is 6.21. The van der Waals surface area contributed by atoms with Crippen LogP contribution in [0.2, 0.25) is 0 Å². The van der Waals surface area contributed by atoms with Crippen molar-refractivity contribution in [3.05, 3.63) is 53.6 Å². The number of methoxy groups -OCH3 is 1. The highest BCUT2D eigenvalue weighted by molar-refractivity contribution is 6.06. The maximum Gasteiger partial charge on any atom is 0.256 e. The lowest BCUT2D eigenvalue weighted by atomic mass is 10.1. The molecule has 0 unspecified atom stereocenters. The third-order valence-corrected chi connectivity index (χ3v) is 5.91. The molecule has 2 aliphatic rings. The fourth-order valence-corrected chi connectivity index (χ4v) is 4.25. The average molecular weight is 408 g/mol. The number of nitrogens with zero attached hydrogens (tertiary/aromatic N) is 2. The number of anilines is 2. The van der Waals surface area contributed by atoms with E-state index in [2.05, 4.69) is 10.2 Å². The van der Waals surface area contributed by atoms with E-state index in [1.165, 1.54) is 6.42 Å². The number of piperidine rings is 1. The number of hydrogen-bond acceptors (Lipinski definition) is 4. The predicted octanol–water partition coefficient (Wildman–Crippen LogP) is 4.17. The van der Waals surface area contributed by atoms with E-state index >= 15 is 0 Å². The van der Waals surface area contributed by atoms with Crippen LogP contribution in [0.1, 0.15) is 52.8 Å². The molecular weight excluding hydrogens is 378 g/mol. The lowest BCUT2D eigenvalue weighted by Crippen LogP contribution is -2.36. The Hall–Kier alpha value is -3.02. The topological polar surface area (TPSA) is 61.9 Å². The largest absolute Gasteiger partial charge is 0.497 e. The van der Waals surface area contributed by atoms with Crippen LogP contribution >= 0.6 is 0 Å². The summed E-state index contributed by atoms with van der Waals surface area (Å²) in [6.45, 7) is 3.54. The van der Waals surface area contributed by atoms with Gasteiger partial charge < -0.3 is 19.9 Å². The van der Waals surface area contributed by atoms with Crippen molar-refractivity contribution >= 4 is 23.2 Å². The molecule has 0 bridgehead atoms. The van der Waals surface area contributed by atoms with Gasteiger partial charge in [0.25, 0.3) is 11.8 Å². The molecule has 4 rings (SSSR count). The molecule has 0 atom stereocenters. The van der Waals surface area contributed by atoms with E-state index in [0.29, 0.717) is 22.6 Å². The Morgan fingerprint density at radius 2 is 1.63 bits per heavy atom. The normalized spacial score (nSPS) is 16.4. The summed E-state index contributed by atoms with van der Waals surface area (Å²) in [6.07, 6.45) is 5.57. The van der Waals surface area contributed by atoms with Gasteiger partial charge in [0, 0.05) is 43.1 Å². The van der Waals surface area contributed by atoms with Crippen molar-refractivity contribution in [1.82, 2.24) is 4.90 Å². The smallest absolute Gasteiger partial charge is 0.256 e. The molecule has 1 N–H and O–H groups in total. The number of rotatable bonds is 5. The number of carbonyl (C=O) groups excluding carboxylic acids is 2. The van der Waals surface area contributed by atoms with Crippen LogP contribution in [-0.2, 0) is 0 Å². The highest BCUT2D eigenvalue weighted by Crippen LogP contribution is 2.29. The standard InChI is InChI=1S/C24H29N3O3/c1-30-20-9-7-8-18(16-20)23(28)25-19-10-11-22(26-12-5-6-13-26)21(17-19)24(29)27-14-3-2-4-15-27/h7-11,16-17H,2-6,12-15H2,1H3,(H,25,28). The van der Waals surface area contributed by atoms with Gasteiger partial charge in [-0.05, 0) is 68.5 Å². The molecule has 2 saturated heterocycles. The summed E-state index contributed by atoms with van der Waals surface area (Å²) in [5, 5.41) is 2.94. The van der Waals surface area contributed by atoms with Gasteiger partial charge in [0.2, 0.25) is 0 Å². The van der Waals surface area contributed by atoms with E-state index in [9.17, 15) is 9.59 Å². The van der Waals surface area contributed by atoms with Gasteiger partial charge in [-0.3, -0.25) is 9.59 Å². The molecule has 2 aromatic rings. The highest BCUT2D eigenvalue weighted by atomic mass is 16.5. The first-order chi connectivity index (χ1) is 14.7. The van der Waals surface area contributed by atoms with Crippen molar-refractivity contribution in [1.29, 1.82) is 0 Å². The van der Waals surface area contributed by atoms with E-state index in [1.807, 2.05) is 23.1 Å². The zero-order valence-corrected chi connectivity index (χ0v) is 17.5. The van der Waals surface area contributed by atoms with Gasteiger partial charge in [-0.2, -0.15) is 0 Å². The summed E-state index contributed by atoms with van der Waals surface area (Å²) < 4.78 is 5.21. The number of nitrogens with one attached hydrogen (secondary N) is 1. The SMILES string of the molecule is COc1cccc(C(=O)Nc2ccc(N3CCCC3)c(C(=O)N3CCCCC3)c2)c1. The molecule has 0 aromatic heterocycles. The minimum atomic E-state index is -0.223. The van der Waals surface area contributed by atoms with Crippen molar-refractivity contribution in [2.24, 2.45) is 0 Å². The van der Waals surface area contributed by atoms with E-state index in [-0.39, 0.29) is 11.8 Å². The van der Waals surface area contributed by atoms with Gasteiger partial charge in [-0.1, -0.05) is 6.07 Å². The summed E-state index contributed by atoms with van der Waals surface area (Å²) in [5.41, 5.74) is 2.80. The van der Waals surface area contributed by atoms with Crippen LogP contribution in [0.5, 0.6) is 5.75 Å². The van der Waals surface area contributed by atoms with Crippen molar-refractivity contribution in [3.8, 4) is 5.75 Å². The van der Waals surface area contributed by atoms with Crippen LogP contribution in [0.25, 0.3) is 0 Å². The average Bonchev–Trinajstić information content (AvgIpc) is 3.34. The minimum Gasteiger partial charge on any atom is -0.497 e. The molecule has 2 fully saturated rings. The first-order valence-electron chi connectivity index (χ1n) is 10.8. The highest BCUT2D eigenvalue weighted by Gasteiger charge is 2.25. The van der Waals surface area contributed by atoms with Gasteiger partial charge in [0.05, 0.1) is 12.7 Å². The predicted molar refractivity (Wildman–Crippen MR) is 119 cm³/mol. The van der Waals surface area contributed by atoms with Crippen molar-refractivity contribution < 1.29 is 14.3 Å². The van der Waals surface area contributed by atoms with Crippen molar-refractivity contribution in [2.45, 2.75) is 32.1 Å². The number of amides is 2. The molecule has 2 aliphatic heterocycles. The molecule has 2 amide bonds. The molecule has 2 heterocycles. The summed E-state index contributed by atoms with van der Waals surface area (Å²) in [7, 11) is 1.58. The number of ether oxygens (including phenoxy) is 1. The van der Waals surface area contributed by atoms with Crippen molar-refractivity contribution in [2.75, 3.05) is 43.5 Å². The van der Waals surface area contributed by atoms with Gasteiger partial charge in [-0.15, -0.1) is 0 Å². The third kappa shape index (κ3) is 4.42. The third-order valence-electron chi connectivity index (χ3n) is 5.91. The lowest BCUT2D eigenvalue weighted by molar-refractivity contribution is 0.0724. The molecule has 30 heavy (non-hydrogen) atoms. The Morgan fingerprint density at radius 1 is 0.900 bits per heavy atom. The Bertz CT molecular complexity index is 916. The molecule has 158 valence electrons. The molecule has 0 aliphatic carbocycles. The van der Waals surface area contributed by atoms with E-state index in [4.69, 9.17) is 4.74 Å². The van der Waals surface area contributed by atoms with Crippen LogP contribution in [0.4, 0.5) is 11.4 Å². The van der Waals surface area contributed by atoms with Crippen LogP contribution in [0.3, 0.4) is 0 Å². The van der Waals surface area contributed by atoms with Gasteiger partial charge >= 0.3 is 0 Å². The first-order valence-corrected chi connectivity index (χ1v) is 10.8. The molecule has 0 radical (unpaired) electrons. The lowest BCUT2D eigenvalue weighted by Gasteiger charge is -2.29. The second-order valence-corrected chi connectivity index (χ2v) is 7.97. The van der Waals surface area contributed by atoms with Crippen LogP contribution in [0.15, 0.2) is 42.5 Å².